The molecule has 0 bridgehead atoms. The topological polar surface area (TPSA) is 97.9 Å². The maximum Gasteiger partial charge on any atom is 0.255 e. The Bertz CT molecular complexity index is 977. The van der Waals surface area contributed by atoms with E-state index in [-0.39, 0.29) is 10.8 Å². The van der Waals surface area contributed by atoms with E-state index in [1.807, 2.05) is 13.0 Å². The predicted molar refractivity (Wildman–Crippen MR) is 105 cm³/mol. The number of aromatic nitrogens is 1. The number of halogens is 1. The lowest BCUT2D eigenvalue weighted by Crippen LogP contribution is -2.39. The van der Waals surface area contributed by atoms with Crippen LogP contribution >= 0.6 is 0 Å². The van der Waals surface area contributed by atoms with Gasteiger partial charge in [-0.2, -0.15) is 0 Å². The van der Waals surface area contributed by atoms with Gasteiger partial charge in [-0.05, 0) is 43.2 Å². The van der Waals surface area contributed by atoms with Gasteiger partial charge in [0.05, 0.1) is 12.7 Å². The molecule has 1 aliphatic rings. The Morgan fingerprint density at radius 1 is 1.29 bits per heavy atom. The largest absolute Gasteiger partial charge is 0.483 e. The van der Waals surface area contributed by atoms with Crippen molar-refractivity contribution in [1.82, 2.24) is 9.88 Å². The Hall–Kier alpha value is -2.36. The van der Waals surface area contributed by atoms with Gasteiger partial charge in [-0.25, -0.2) is 22.9 Å². The summed E-state index contributed by atoms with van der Waals surface area (Å²) in [7, 11) is -3.88. The van der Waals surface area contributed by atoms with E-state index in [2.05, 4.69) is 14.9 Å². The molecule has 1 aromatic carbocycles. The van der Waals surface area contributed by atoms with Crippen LogP contribution in [0.2, 0.25) is 0 Å². The molecule has 2 N–H and O–H groups in total. The van der Waals surface area contributed by atoms with E-state index in [1.54, 1.807) is 13.0 Å². The molecule has 0 saturated heterocycles. The summed E-state index contributed by atoms with van der Waals surface area (Å²) in [6.45, 7) is 6.43. The van der Waals surface area contributed by atoms with Crippen LogP contribution < -0.4 is 9.88 Å². The third kappa shape index (κ3) is 5.12. The average molecular weight is 406 g/mol. The van der Waals surface area contributed by atoms with Crippen LogP contribution in [-0.2, 0) is 10.0 Å². The minimum absolute atomic E-state index is 0.236. The number of benzene rings is 1. The molecule has 2 aromatic rings. The second-order valence-corrected chi connectivity index (χ2v) is 8.35. The molecule has 7 nitrogen and oxygen atoms in total. The zero-order chi connectivity index (χ0) is 20.3. The normalized spacial score (nSPS) is 16.5. The van der Waals surface area contributed by atoms with E-state index in [4.69, 9.17) is 9.88 Å². The number of ether oxygens (including phenoxy) is 1. The number of primary sulfonamides is 1. The van der Waals surface area contributed by atoms with Crippen molar-refractivity contribution in [3.8, 4) is 5.75 Å². The third-order valence-corrected chi connectivity index (χ3v) is 5.35. The molecule has 150 valence electrons. The molecule has 3 rings (SSSR count). The van der Waals surface area contributed by atoms with Gasteiger partial charge in [0.25, 0.3) is 10.0 Å². The van der Waals surface area contributed by atoms with E-state index in [0.29, 0.717) is 30.0 Å². The zero-order valence-electron chi connectivity index (χ0n) is 15.8. The van der Waals surface area contributed by atoms with Crippen molar-refractivity contribution in [3.63, 3.8) is 0 Å². The summed E-state index contributed by atoms with van der Waals surface area (Å²) in [6.07, 6.45) is 0.850. The van der Waals surface area contributed by atoms with E-state index in [1.165, 1.54) is 24.4 Å². The van der Waals surface area contributed by atoms with Crippen molar-refractivity contribution < 1.29 is 17.5 Å². The number of hydrogen-bond acceptors (Lipinski definition) is 6. The molecule has 0 fully saturated rings. The van der Waals surface area contributed by atoms with Crippen molar-refractivity contribution in [1.29, 1.82) is 0 Å². The van der Waals surface area contributed by atoms with Gasteiger partial charge in [0.1, 0.15) is 17.7 Å². The summed E-state index contributed by atoms with van der Waals surface area (Å²) < 4.78 is 42.9. The molecule has 1 aliphatic heterocycles. The van der Waals surface area contributed by atoms with Crippen molar-refractivity contribution in [2.75, 3.05) is 26.2 Å². The third-order valence-electron chi connectivity index (χ3n) is 4.52. The number of hydrogen-bond donors (Lipinski definition) is 1. The van der Waals surface area contributed by atoms with E-state index >= 15 is 0 Å². The SMILES string of the molecule is CC1=NCCN(CC(Oc2ccc(S(N)(=O)=O)nc2)c2ccc(C)c(F)c2)C1. The summed E-state index contributed by atoms with van der Waals surface area (Å²) in [5.41, 5.74) is 2.29. The lowest BCUT2D eigenvalue weighted by Gasteiger charge is -2.30. The fraction of sp³-hybridized carbons (Fsp3) is 0.368. The highest BCUT2D eigenvalue weighted by Gasteiger charge is 2.21. The minimum atomic E-state index is -3.88. The van der Waals surface area contributed by atoms with Crippen molar-refractivity contribution >= 4 is 15.7 Å². The Kier molecular flexibility index (Phi) is 6.07. The van der Waals surface area contributed by atoms with E-state index in [0.717, 1.165) is 18.8 Å². The molecule has 9 heteroatoms. The smallest absolute Gasteiger partial charge is 0.255 e. The maximum absolute atomic E-state index is 14.1. The fourth-order valence-corrected chi connectivity index (χ4v) is 3.47. The van der Waals surface area contributed by atoms with Crippen molar-refractivity contribution in [3.05, 3.63) is 53.5 Å². The molecule has 0 amide bonds. The second-order valence-electron chi connectivity index (χ2n) is 6.84. The zero-order valence-corrected chi connectivity index (χ0v) is 16.6. The average Bonchev–Trinajstić information content (AvgIpc) is 2.63. The van der Waals surface area contributed by atoms with Crippen LogP contribution in [0, 0.1) is 12.7 Å². The number of nitrogens with two attached hydrogens (primary N) is 1. The van der Waals surface area contributed by atoms with Gasteiger partial charge in [0.15, 0.2) is 5.03 Å². The minimum Gasteiger partial charge on any atom is -0.483 e. The molecule has 0 spiro atoms. The number of aliphatic imine (C=N–C) groups is 1. The van der Waals surface area contributed by atoms with Gasteiger partial charge < -0.3 is 4.74 Å². The number of rotatable bonds is 6. The first-order valence-corrected chi connectivity index (χ1v) is 10.4. The van der Waals surface area contributed by atoms with Crippen LogP contribution in [-0.4, -0.2) is 50.2 Å². The maximum atomic E-state index is 14.1. The van der Waals surface area contributed by atoms with Gasteiger partial charge in [0, 0.05) is 25.3 Å². The number of aryl methyl sites for hydroxylation is 1. The number of pyridine rings is 1. The Morgan fingerprint density at radius 3 is 2.68 bits per heavy atom. The molecular weight excluding hydrogens is 383 g/mol. The molecule has 1 atom stereocenters. The first-order valence-electron chi connectivity index (χ1n) is 8.86. The number of sulfonamides is 1. The van der Waals surface area contributed by atoms with Gasteiger partial charge in [-0.1, -0.05) is 12.1 Å². The quantitative estimate of drug-likeness (QED) is 0.792. The Balaban J connectivity index is 1.85. The van der Waals surface area contributed by atoms with Gasteiger partial charge in [0.2, 0.25) is 0 Å². The van der Waals surface area contributed by atoms with Crippen molar-refractivity contribution in [2.24, 2.45) is 10.1 Å². The molecule has 1 aromatic heterocycles. The predicted octanol–water partition coefficient (Wildman–Crippen LogP) is 2.07. The highest BCUT2D eigenvalue weighted by atomic mass is 32.2. The van der Waals surface area contributed by atoms with Gasteiger partial charge in [-0.3, -0.25) is 9.89 Å². The lowest BCUT2D eigenvalue weighted by molar-refractivity contribution is 0.141. The molecule has 28 heavy (non-hydrogen) atoms. The summed E-state index contributed by atoms with van der Waals surface area (Å²) in [6, 6.07) is 7.80. The summed E-state index contributed by atoms with van der Waals surface area (Å²) in [5.74, 6) is 0.0750. The summed E-state index contributed by atoms with van der Waals surface area (Å²) in [5, 5.41) is 4.84. The number of nitrogens with zero attached hydrogens (tertiary/aromatic N) is 3. The summed E-state index contributed by atoms with van der Waals surface area (Å²) in [4.78, 5) is 10.4. The van der Waals surface area contributed by atoms with Gasteiger partial charge >= 0.3 is 0 Å². The van der Waals surface area contributed by atoms with Crippen LogP contribution in [0.15, 0.2) is 46.5 Å². The van der Waals surface area contributed by atoms with Crippen LogP contribution in [0.3, 0.4) is 0 Å². The van der Waals surface area contributed by atoms with Crippen LogP contribution in [0.4, 0.5) is 4.39 Å². The molecular formula is C19H23FN4O3S. The van der Waals surface area contributed by atoms with Crippen LogP contribution in [0.1, 0.15) is 24.2 Å². The van der Waals surface area contributed by atoms with E-state index in [9.17, 15) is 12.8 Å². The molecule has 2 heterocycles. The summed E-state index contributed by atoms with van der Waals surface area (Å²) >= 11 is 0. The lowest BCUT2D eigenvalue weighted by atomic mass is 10.1. The van der Waals surface area contributed by atoms with Crippen molar-refractivity contribution in [2.45, 2.75) is 25.0 Å². The first kappa shape index (κ1) is 20.4. The Morgan fingerprint density at radius 2 is 2.07 bits per heavy atom. The molecule has 0 aliphatic carbocycles. The van der Waals surface area contributed by atoms with Crippen LogP contribution in [0.25, 0.3) is 0 Å². The second kappa shape index (κ2) is 8.34. The Labute approximate surface area is 164 Å². The van der Waals surface area contributed by atoms with Gasteiger partial charge in [-0.15, -0.1) is 0 Å². The molecule has 0 saturated carbocycles. The molecule has 1 unspecified atom stereocenters. The van der Waals surface area contributed by atoms with Crippen LogP contribution in [0.5, 0.6) is 5.75 Å². The highest BCUT2D eigenvalue weighted by Crippen LogP contribution is 2.25. The monoisotopic (exact) mass is 406 g/mol. The highest BCUT2D eigenvalue weighted by molar-refractivity contribution is 7.89. The molecule has 0 radical (unpaired) electrons. The first-order chi connectivity index (χ1) is 13.2. The van der Waals surface area contributed by atoms with E-state index < -0.39 is 16.1 Å². The standard InChI is InChI=1S/C19H23FN4O3S/c1-13-3-4-15(9-17(13)20)18(12-24-8-7-22-14(2)11-24)27-16-5-6-19(23-10-16)28(21,25)26/h3-6,9-10,18H,7-8,11-12H2,1-2H3,(H2,21,25,26). The fourth-order valence-electron chi connectivity index (χ4n) is 3.01.